The normalized spacial score (nSPS) is 10.5. The second-order valence-corrected chi connectivity index (χ2v) is 10.4. The van der Waals surface area contributed by atoms with Crippen molar-refractivity contribution in [3.8, 4) is 23.0 Å². The van der Waals surface area contributed by atoms with Crippen LogP contribution in [0.5, 0.6) is 23.0 Å². The average Bonchev–Trinajstić information content (AvgIpc) is 3.03. The fraction of sp³-hybridized carbons (Fsp3) is 0.361. The van der Waals surface area contributed by atoms with Crippen LogP contribution in [-0.2, 0) is 16.0 Å². The summed E-state index contributed by atoms with van der Waals surface area (Å²) in [6, 6.07) is 18.5. The molecule has 0 heterocycles. The molecular weight excluding hydrogens is 560 g/mol. The van der Waals surface area contributed by atoms with Gasteiger partial charge < -0.3 is 23.7 Å². The lowest BCUT2D eigenvalue weighted by Gasteiger charge is -2.12. The summed E-state index contributed by atoms with van der Waals surface area (Å²) < 4.78 is 27.2. The van der Waals surface area contributed by atoms with Crippen molar-refractivity contribution in [2.45, 2.75) is 65.2 Å². The lowest BCUT2D eigenvalue weighted by molar-refractivity contribution is -0.139. The minimum atomic E-state index is -0.588. The Kier molecular flexibility index (Phi) is 14.0. The third kappa shape index (κ3) is 11.2. The van der Waals surface area contributed by atoms with E-state index >= 15 is 0 Å². The summed E-state index contributed by atoms with van der Waals surface area (Å²) >= 11 is 0. The van der Waals surface area contributed by atoms with Gasteiger partial charge in [-0.2, -0.15) is 0 Å². The van der Waals surface area contributed by atoms with Crippen molar-refractivity contribution in [1.82, 2.24) is 0 Å². The van der Waals surface area contributed by atoms with Crippen LogP contribution in [0.4, 0.5) is 0 Å². The van der Waals surface area contributed by atoms with Crippen molar-refractivity contribution in [3.05, 3.63) is 95.6 Å². The Labute approximate surface area is 259 Å². The maximum absolute atomic E-state index is 12.8. The molecule has 0 aliphatic carbocycles. The fourth-order valence-electron chi connectivity index (χ4n) is 4.24. The number of esters is 3. The summed E-state index contributed by atoms with van der Waals surface area (Å²) in [6.07, 6.45) is 8.47. The number of carbonyl (C=O) groups excluding carboxylic acids is 3. The van der Waals surface area contributed by atoms with Gasteiger partial charge in [-0.25, -0.2) is 14.4 Å². The highest BCUT2D eigenvalue weighted by Crippen LogP contribution is 2.29. The van der Waals surface area contributed by atoms with Crippen molar-refractivity contribution in [2.75, 3.05) is 20.3 Å². The predicted molar refractivity (Wildman–Crippen MR) is 169 cm³/mol. The second kappa shape index (κ2) is 18.2. The van der Waals surface area contributed by atoms with E-state index in [9.17, 15) is 14.4 Å². The third-order valence-corrected chi connectivity index (χ3v) is 6.78. The van der Waals surface area contributed by atoms with Crippen LogP contribution < -0.4 is 18.9 Å². The zero-order valence-corrected chi connectivity index (χ0v) is 25.9. The van der Waals surface area contributed by atoms with Crippen molar-refractivity contribution in [1.29, 1.82) is 0 Å². The van der Waals surface area contributed by atoms with E-state index in [4.69, 9.17) is 23.7 Å². The SMILES string of the molecule is C=C(C)C(=O)OCCCCOc1ccc(C(=O)Oc2ccc(C(=O)Oc3ccc(CCCCCCC)cc3)cc2)cc1OC. The molecule has 44 heavy (non-hydrogen) atoms. The smallest absolute Gasteiger partial charge is 0.343 e. The zero-order chi connectivity index (χ0) is 31.7. The first-order valence-corrected chi connectivity index (χ1v) is 15.1. The molecule has 3 aromatic rings. The fourth-order valence-corrected chi connectivity index (χ4v) is 4.24. The van der Waals surface area contributed by atoms with E-state index in [-0.39, 0.29) is 17.9 Å². The van der Waals surface area contributed by atoms with Gasteiger partial charge in [-0.05, 0) is 92.8 Å². The molecule has 0 saturated carbocycles. The van der Waals surface area contributed by atoms with E-state index in [1.807, 2.05) is 24.3 Å². The van der Waals surface area contributed by atoms with Gasteiger partial charge in [0.15, 0.2) is 11.5 Å². The topological polar surface area (TPSA) is 97.4 Å². The van der Waals surface area contributed by atoms with Crippen LogP contribution >= 0.6 is 0 Å². The highest BCUT2D eigenvalue weighted by molar-refractivity contribution is 5.93. The van der Waals surface area contributed by atoms with Crippen molar-refractivity contribution in [3.63, 3.8) is 0 Å². The number of aryl methyl sites for hydroxylation is 1. The molecule has 0 aliphatic rings. The largest absolute Gasteiger partial charge is 0.493 e. The van der Waals surface area contributed by atoms with Gasteiger partial charge in [0.1, 0.15) is 11.5 Å². The minimum absolute atomic E-state index is 0.272. The number of hydrogen-bond donors (Lipinski definition) is 0. The van der Waals surface area contributed by atoms with Gasteiger partial charge in [-0.3, -0.25) is 0 Å². The Morgan fingerprint density at radius 1 is 0.682 bits per heavy atom. The average molecular weight is 603 g/mol. The highest BCUT2D eigenvalue weighted by Gasteiger charge is 2.15. The molecule has 0 aliphatic heterocycles. The number of methoxy groups -OCH3 is 1. The molecule has 3 aromatic carbocycles. The van der Waals surface area contributed by atoms with Crippen LogP contribution in [0.3, 0.4) is 0 Å². The van der Waals surface area contributed by atoms with Crippen LogP contribution in [0.1, 0.15) is 85.1 Å². The van der Waals surface area contributed by atoms with Crippen molar-refractivity contribution in [2.24, 2.45) is 0 Å². The van der Waals surface area contributed by atoms with E-state index in [0.29, 0.717) is 47.8 Å². The molecule has 0 spiro atoms. The number of hydrogen-bond acceptors (Lipinski definition) is 8. The van der Waals surface area contributed by atoms with Gasteiger partial charge in [0, 0.05) is 5.57 Å². The lowest BCUT2D eigenvalue weighted by Crippen LogP contribution is -2.11. The van der Waals surface area contributed by atoms with E-state index in [1.165, 1.54) is 44.4 Å². The van der Waals surface area contributed by atoms with E-state index in [2.05, 4.69) is 13.5 Å². The van der Waals surface area contributed by atoms with Crippen LogP contribution in [0.25, 0.3) is 0 Å². The lowest BCUT2D eigenvalue weighted by atomic mass is 10.1. The van der Waals surface area contributed by atoms with Crippen LogP contribution in [0.15, 0.2) is 78.9 Å². The molecule has 0 unspecified atom stereocenters. The molecule has 0 aromatic heterocycles. The number of carbonyl (C=O) groups is 3. The first-order valence-electron chi connectivity index (χ1n) is 15.1. The maximum atomic E-state index is 12.8. The Morgan fingerprint density at radius 3 is 1.91 bits per heavy atom. The number of rotatable bonds is 18. The minimum Gasteiger partial charge on any atom is -0.493 e. The number of ether oxygens (including phenoxy) is 5. The molecule has 0 fully saturated rings. The van der Waals surface area contributed by atoms with Crippen LogP contribution in [0, 0.1) is 0 Å². The third-order valence-electron chi connectivity index (χ3n) is 6.78. The molecule has 8 nitrogen and oxygen atoms in total. The first kappa shape index (κ1) is 33.9. The van der Waals surface area contributed by atoms with E-state index in [1.54, 1.807) is 43.3 Å². The summed E-state index contributed by atoms with van der Waals surface area (Å²) in [4.78, 5) is 36.8. The molecule has 8 heteroatoms. The zero-order valence-electron chi connectivity index (χ0n) is 25.9. The van der Waals surface area contributed by atoms with E-state index < -0.39 is 17.9 Å². The van der Waals surface area contributed by atoms with Gasteiger partial charge >= 0.3 is 17.9 Å². The summed E-state index contributed by atoms with van der Waals surface area (Å²) in [5.74, 6) is 0.119. The highest BCUT2D eigenvalue weighted by atomic mass is 16.5. The Bertz CT molecular complexity index is 1380. The summed E-state index contributed by atoms with van der Waals surface area (Å²) in [6.45, 7) is 8.02. The predicted octanol–water partition coefficient (Wildman–Crippen LogP) is 7.92. The molecule has 234 valence electrons. The molecule has 0 radical (unpaired) electrons. The Hall–Kier alpha value is -4.59. The van der Waals surface area contributed by atoms with Crippen molar-refractivity contribution >= 4 is 17.9 Å². The Balaban J connectivity index is 1.46. The Morgan fingerprint density at radius 2 is 1.27 bits per heavy atom. The van der Waals surface area contributed by atoms with Crippen LogP contribution in [-0.4, -0.2) is 38.2 Å². The van der Waals surface area contributed by atoms with E-state index in [0.717, 1.165) is 12.8 Å². The molecule has 0 amide bonds. The summed E-state index contributed by atoms with van der Waals surface area (Å²) in [7, 11) is 1.48. The first-order chi connectivity index (χ1) is 21.3. The summed E-state index contributed by atoms with van der Waals surface area (Å²) in [5.41, 5.74) is 2.19. The van der Waals surface area contributed by atoms with Crippen LogP contribution in [0.2, 0.25) is 0 Å². The molecule has 0 saturated heterocycles. The monoisotopic (exact) mass is 602 g/mol. The second-order valence-electron chi connectivity index (χ2n) is 10.4. The van der Waals surface area contributed by atoms with Gasteiger partial charge in [-0.15, -0.1) is 0 Å². The van der Waals surface area contributed by atoms with Gasteiger partial charge in [0.05, 0.1) is 31.5 Å². The standard InChI is InChI=1S/C36H42O8/c1-5-6-7-8-9-12-27-13-18-30(19-14-27)43-35(38)28-15-20-31(21-16-28)44-36(39)29-17-22-32(33(25-29)40-4)41-23-10-11-24-42-34(37)26(2)3/h13-22,25H,2,5-12,23-24H2,1,3-4H3. The molecule has 3 rings (SSSR count). The quantitative estimate of drug-likeness (QED) is 0.0627. The molecule has 0 bridgehead atoms. The van der Waals surface area contributed by atoms with Gasteiger partial charge in [0.2, 0.25) is 0 Å². The molecule has 0 N–H and O–H groups in total. The maximum Gasteiger partial charge on any atom is 0.343 e. The number of benzene rings is 3. The van der Waals surface area contributed by atoms with Gasteiger partial charge in [0.25, 0.3) is 0 Å². The molecular formula is C36H42O8. The molecule has 0 atom stereocenters. The van der Waals surface area contributed by atoms with Gasteiger partial charge in [-0.1, -0.05) is 51.3 Å². The summed E-state index contributed by atoms with van der Waals surface area (Å²) in [5, 5.41) is 0. The number of unbranched alkanes of at least 4 members (excludes halogenated alkanes) is 5. The van der Waals surface area contributed by atoms with Crippen molar-refractivity contribution < 1.29 is 38.1 Å².